The summed E-state index contributed by atoms with van der Waals surface area (Å²) in [7, 11) is 0. The molecule has 0 aromatic carbocycles. The first kappa shape index (κ1) is 17.5. The van der Waals surface area contributed by atoms with Crippen LogP contribution in [0.5, 0.6) is 6.01 Å². The topological polar surface area (TPSA) is 76.6 Å². The summed E-state index contributed by atoms with van der Waals surface area (Å²) >= 11 is 0. The molecule has 2 aliphatic heterocycles. The molecule has 8 heteroatoms. The van der Waals surface area contributed by atoms with E-state index in [1.165, 1.54) is 0 Å². The second kappa shape index (κ2) is 7.34. The summed E-state index contributed by atoms with van der Waals surface area (Å²) < 4.78 is 24.2. The largest absolute Gasteiger partial charge is 0.463 e. The van der Waals surface area contributed by atoms with Crippen molar-refractivity contribution < 1.29 is 18.7 Å². The third-order valence-electron chi connectivity index (χ3n) is 5.92. The van der Waals surface area contributed by atoms with Gasteiger partial charge in [-0.25, -0.2) is 19.2 Å². The van der Waals surface area contributed by atoms with Crippen LogP contribution in [0.15, 0.2) is 12.4 Å². The maximum absolute atomic E-state index is 12.9. The molecule has 1 saturated carbocycles. The highest BCUT2D eigenvalue weighted by Gasteiger charge is 2.51. The van der Waals surface area contributed by atoms with Gasteiger partial charge < -0.3 is 19.7 Å². The van der Waals surface area contributed by atoms with Crippen LogP contribution in [0, 0.1) is 17.2 Å². The lowest BCUT2D eigenvalue weighted by molar-refractivity contribution is 0.107. The number of urea groups is 1. The van der Waals surface area contributed by atoms with Crippen LogP contribution < -0.4 is 10.1 Å². The molecule has 3 aliphatic rings. The Bertz CT molecular complexity index is 638. The van der Waals surface area contributed by atoms with Gasteiger partial charge in [0.1, 0.15) is 0 Å². The molecule has 4 rings (SSSR count). The van der Waals surface area contributed by atoms with Gasteiger partial charge in [-0.1, -0.05) is 6.42 Å². The number of halogens is 1. The third kappa shape index (κ3) is 3.60. The predicted octanol–water partition coefficient (Wildman–Crippen LogP) is 1.99. The smallest absolute Gasteiger partial charge is 0.317 e. The lowest BCUT2D eigenvalue weighted by atomic mass is 9.82. The highest BCUT2D eigenvalue weighted by molar-refractivity contribution is 5.74. The second-order valence-corrected chi connectivity index (χ2v) is 7.63. The molecule has 7 nitrogen and oxygen atoms in total. The van der Waals surface area contributed by atoms with Crippen molar-refractivity contribution in [2.24, 2.45) is 11.3 Å². The normalized spacial score (nSPS) is 30.4. The Morgan fingerprint density at radius 3 is 3.00 bits per heavy atom. The van der Waals surface area contributed by atoms with Crippen LogP contribution in [-0.4, -0.2) is 59.9 Å². The van der Waals surface area contributed by atoms with E-state index in [-0.39, 0.29) is 23.6 Å². The molecule has 142 valence electrons. The molecule has 3 atom stereocenters. The van der Waals surface area contributed by atoms with Gasteiger partial charge in [0.2, 0.25) is 0 Å². The van der Waals surface area contributed by atoms with E-state index in [0.717, 1.165) is 57.6 Å². The number of ether oxygens (including phenoxy) is 2. The van der Waals surface area contributed by atoms with E-state index >= 15 is 0 Å². The van der Waals surface area contributed by atoms with Gasteiger partial charge in [-0.3, -0.25) is 0 Å². The summed E-state index contributed by atoms with van der Waals surface area (Å²) in [6.45, 7) is 3.26. The van der Waals surface area contributed by atoms with Crippen molar-refractivity contribution in [3.63, 3.8) is 0 Å². The summed E-state index contributed by atoms with van der Waals surface area (Å²) in [5.74, 6) is -0.0550. The van der Waals surface area contributed by atoms with Crippen molar-refractivity contribution in [2.45, 2.75) is 38.2 Å². The van der Waals surface area contributed by atoms with Crippen LogP contribution in [-0.2, 0) is 4.74 Å². The molecule has 1 aliphatic carbocycles. The minimum absolute atomic E-state index is 0.0210. The van der Waals surface area contributed by atoms with Gasteiger partial charge in [-0.2, -0.15) is 0 Å². The standard InChI is InChI=1S/C18H25FN4O3/c19-14-7-20-16(21-8-14)26-12-18-5-1-3-13(18)10-23(11-18)17(24)22-9-15-4-2-6-25-15/h7-8,13,15H,1-6,9-12H2,(H,22,24). The molecule has 3 unspecified atom stereocenters. The molecule has 1 N–H and O–H groups in total. The molecule has 1 aromatic heterocycles. The van der Waals surface area contributed by atoms with Gasteiger partial charge in [-0.15, -0.1) is 0 Å². The Hall–Kier alpha value is -1.96. The molecule has 0 radical (unpaired) electrons. The van der Waals surface area contributed by atoms with Gasteiger partial charge in [0.15, 0.2) is 5.82 Å². The lowest BCUT2D eigenvalue weighted by Gasteiger charge is -2.28. The van der Waals surface area contributed by atoms with Gasteiger partial charge in [0, 0.05) is 31.7 Å². The van der Waals surface area contributed by atoms with Crippen LogP contribution in [0.3, 0.4) is 0 Å². The highest BCUT2D eigenvalue weighted by Crippen LogP contribution is 2.48. The SMILES string of the molecule is O=C(NCC1CCCO1)N1CC2CCCC2(COc2ncc(F)cn2)C1. The zero-order valence-electron chi connectivity index (χ0n) is 14.8. The maximum Gasteiger partial charge on any atom is 0.317 e. The number of likely N-dealkylation sites (tertiary alicyclic amines) is 1. The average molecular weight is 364 g/mol. The monoisotopic (exact) mass is 364 g/mol. The summed E-state index contributed by atoms with van der Waals surface area (Å²) in [5.41, 5.74) is -0.0566. The first-order chi connectivity index (χ1) is 12.6. The molecule has 3 heterocycles. The Balaban J connectivity index is 1.33. The minimum Gasteiger partial charge on any atom is -0.463 e. The second-order valence-electron chi connectivity index (χ2n) is 7.63. The number of amides is 2. The number of rotatable bonds is 5. The summed E-state index contributed by atoms with van der Waals surface area (Å²) in [6, 6.07) is 0.167. The van der Waals surface area contributed by atoms with Gasteiger partial charge >= 0.3 is 12.0 Å². The van der Waals surface area contributed by atoms with Crippen LogP contribution in [0.4, 0.5) is 9.18 Å². The van der Waals surface area contributed by atoms with Crippen molar-refractivity contribution in [3.8, 4) is 6.01 Å². The predicted molar refractivity (Wildman–Crippen MR) is 91.2 cm³/mol. The third-order valence-corrected chi connectivity index (χ3v) is 5.92. The van der Waals surface area contributed by atoms with Crippen molar-refractivity contribution in [2.75, 3.05) is 32.8 Å². The van der Waals surface area contributed by atoms with E-state index in [2.05, 4.69) is 15.3 Å². The van der Waals surface area contributed by atoms with Gasteiger partial charge in [0.05, 0.1) is 25.1 Å². The van der Waals surface area contributed by atoms with E-state index < -0.39 is 5.82 Å². The highest BCUT2D eigenvalue weighted by atomic mass is 19.1. The molecule has 26 heavy (non-hydrogen) atoms. The molecule has 1 aromatic rings. The molecule has 0 spiro atoms. The quantitative estimate of drug-likeness (QED) is 0.865. The van der Waals surface area contributed by atoms with Crippen LogP contribution in [0.1, 0.15) is 32.1 Å². The van der Waals surface area contributed by atoms with Crippen LogP contribution >= 0.6 is 0 Å². The zero-order chi connectivity index (χ0) is 18.0. The van der Waals surface area contributed by atoms with Gasteiger partial charge in [-0.05, 0) is 31.6 Å². The molecule has 2 amide bonds. The molecule has 3 fully saturated rings. The summed E-state index contributed by atoms with van der Waals surface area (Å²) in [6.07, 6.45) is 7.70. The number of aromatic nitrogens is 2. The Kier molecular flexibility index (Phi) is 4.93. The van der Waals surface area contributed by atoms with Crippen molar-refractivity contribution in [1.82, 2.24) is 20.2 Å². The first-order valence-corrected chi connectivity index (χ1v) is 9.39. The maximum atomic E-state index is 12.9. The minimum atomic E-state index is -0.482. The van der Waals surface area contributed by atoms with Crippen molar-refractivity contribution in [1.29, 1.82) is 0 Å². The van der Waals surface area contributed by atoms with Crippen molar-refractivity contribution >= 4 is 6.03 Å². The molecular weight excluding hydrogens is 339 g/mol. The number of hydrogen-bond acceptors (Lipinski definition) is 5. The number of carbonyl (C=O) groups excluding carboxylic acids is 1. The average Bonchev–Trinajstić information content (AvgIpc) is 3.35. The van der Waals surface area contributed by atoms with Crippen LogP contribution in [0.2, 0.25) is 0 Å². The summed E-state index contributed by atoms with van der Waals surface area (Å²) in [5, 5.41) is 3.01. The number of nitrogens with one attached hydrogen (secondary N) is 1. The zero-order valence-corrected chi connectivity index (χ0v) is 14.8. The fourth-order valence-corrected chi connectivity index (χ4v) is 4.51. The molecule has 2 saturated heterocycles. The Labute approximate surface area is 152 Å². The van der Waals surface area contributed by atoms with Gasteiger partial charge in [0.25, 0.3) is 0 Å². The Morgan fingerprint density at radius 2 is 2.23 bits per heavy atom. The fourth-order valence-electron chi connectivity index (χ4n) is 4.51. The van der Waals surface area contributed by atoms with E-state index in [1.807, 2.05) is 4.90 Å². The van der Waals surface area contributed by atoms with Crippen molar-refractivity contribution in [3.05, 3.63) is 18.2 Å². The molecule has 0 bridgehead atoms. The number of carbonyl (C=O) groups is 1. The first-order valence-electron chi connectivity index (χ1n) is 9.39. The van der Waals surface area contributed by atoms with E-state index in [4.69, 9.17) is 9.47 Å². The fraction of sp³-hybridized carbons (Fsp3) is 0.722. The van der Waals surface area contributed by atoms with E-state index in [9.17, 15) is 9.18 Å². The number of nitrogens with zero attached hydrogens (tertiary/aromatic N) is 3. The number of fused-ring (bicyclic) bond motifs is 1. The lowest BCUT2D eigenvalue weighted by Crippen LogP contribution is -2.43. The Morgan fingerprint density at radius 1 is 1.38 bits per heavy atom. The number of hydrogen-bond donors (Lipinski definition) is 1. The van der Waals surface area contributed by atoms with E-state index in [0.29, 0.717) is 25.6 Å². The molecular formula is C18H25FN4O3. The van der Waals surface area contributed by atoms with E-state index in [1.54, 1.807) is 0 Å². The van der Waals surface area contributed by atoms with Crippen LogP contribution in [0.25, 0.3) is 0 Å². The summed E-state index contributed by atoms with van der Waals surface area (Å²) in [4.78, 5) is 22.2.